The number of aromatic nitrogens is 3. The third-order valence-corrected chi connectivity index (χ3v) is 5.45. The van der Waals surface area contributed by atoms with Crippen molar-refractivity contribution >= 4 is 28.2 Å². The fraction of sp³-hybridized carbons (Fsp3) is 0.500. The van der Waals surface area contributed by atoms with Gasteiger partial charge in [0.1, 0.15) is 11.6 Å². The third-order valence-electron chi connectivity index (χ3n) is 4.57. The summed E-state index contributed by atoms with van der Waals surface area (Å²) in [6.45, 7) is 5.35. The van der Waals surface area contributed by atoms with Crippen molar-refractivity contribution in [3.05, 3.63) is 40.8 Å². The van der Waals surface area contributed by atoms with E-state index in [1.807, 2.05) is 55.3 Å². The molecule has 0 unspecified atom stereocenters. The number of nitrogens with zero attached hydrogens (tertiary/aromatic N) is 5. The van der Waals surface area contributed by atoms with E-state index in [4.69, 9.17) is 0 Å². The summed E-state index contributed by atoms with van der Waals surface area (Å²) in [6, 6.07) is 1.93. The Morgan fingerprint density at radius 1 is 1.32 bits per heavy atom. The second-order valence-electron chi connectivity index (χ2n) is 7.35. The summed E-state index contributed by atoms with van der Waals surface area (Å²) in [5.74, 6) is 1.46. The number of carbonyl (C=O) groups is 1. The highest BCUT2D eigenvalue weighted by Gasteiger charge is 2.28. The first-order valence-electron chi connectivity index (χ1n) is 9.59. The normalized spacial score (nSPS) is 17.5. The lowest BCUT2D eigenvalue weighted by Crippen LogP contribution is -2.38. The topological polar surface area (TPSA) is 74.2 Å². The van der Waals surface area contributed by atoms with Crippen LogP contribution in [0.25, 0.3) is 0 Å². The molecule has 1 fully saturated rings. The summed E-state index contributed by atoms with van der Waals surface area (Å²) < 4.78 is 0. The molecule has 1 aliphatic heterocycles. The number of rotatable bonds is 6. The third kappa shape index (κ3) is 5.36. The first-order valence-corrected chi connectivity index (χ1v) is 10.5. The van der Waals surface area contributed by atoms with E-state index >= 15 is 0 Å². The molecule has 3 heterocycles. The van der Waals surface area contributed by atoms with Crippen LogP contribution in [0, 0.1) is 13.8 Å². The Morgan fingerprint density at radius 2 is 2.14 bits per heavy atom. The van der Waals surface area contributed by atoms with Crippen molar-refractivity contribution in [2.24, 2.45) is 0 Å². The number of anilines is 2. The van der Waals surface area contributed by atoms with E-state index in [2.05, 4.69) is 20.3 Å². The smallest absolute Gasteiger partial charge is 0.246 e. The summed E-state index contributed by atoms with van der Waals surface area (Å²) >= 11 is 1.55. The molecular weight excluding hydrogens is 372 g/mol. The van der Waals surface area contributed by atoms with Crippen molar-refractivity contribution < 1.29 is 4.79 Å². The first kappa shape index (κ1) is 20.4. The van der Waals surface area contributed by atoms with Crippen molar-refractivity contribution in [1.82, 2.24) is 24.8 Å². The number of likely N-dealkylation sites (N-methyl/N-ethyl adjacent to an activating group) is 1. The Kier molecular flexibility index (Phi) is 6.74. The molecule has 1 amide bonds. The molecule has 1 aliphatic rings. The molecule has 7 nitrogen and oxygen atoms in total. The largest absolute Gasteiger partial charge is 0.331 e. The molecule has 0 bridgehead atoms. The molecule has 1 atom stereocenters. The quantitative estimate of drug-likeness (QED) is 0.749. The molecule has 2 aromatic heterocycles. The lowest BCUT2D eigenvalue weighted by atomic mass is 9.98. The lowest BCUT2D eigenvalue weighted by Gasteiger charge is -2.35. The van der Waals surface area contributed by atoms with Gasteiger partial charge in [-0.25, -0.2) is 15.0 Å². The van der Waals surface area contributed by atoms with Crippen molar-refractivity contribution in [2.45, 2.75) is 39.2 Å². The number of carbonyl (C=O) groups excluding carboxylic acids is 1. The zero-order valence-electron chi connectivity index (χ0n) is 17.0. The molecule has 0 aromatic carbocycles. The summed E-state index contributed by atoms with van der Waals surface area (Å²) in [7, 11) is 3.97. The average Bonchev–Trinajstić information content (AvgIpc) is 3.05. The molecule has 8 heteroatoms. The van der Waals surface area contributed by atoms with E-state index in [1.165, 1.54) is 0 Å². The number of likely N-dealkylation sites (tertiary alicyclic amines) is 1. The van der Waals surface area contributed by atoms with E-state index in [9.17, 15) is 4.79 Å². The standard InChI is InChI=1S/C20H28N6OS/c1-14-13-28-20(21-14)24-18-12-16(22-15(2)23-18)17-8-5-6-11-26(17)19(27)9-7-10-25(3)4/h7,9,12-13,17H,5-6,8,10-11H2,1-4H3,(H,21,22,23,24)/b9-7+/t17-/m1/s1. The predicted molar refractivity (Wildman–Crippen MR) is 113 cm³/mol. The van der Waals surface area contributed by atoms with Crippen LogP contribution in [0.15, 0.2) is 23.6 Å². The van der Waals surface area contributed by atoms with Crippen LogP contribution in [0.3, 0.4) is 0 Å². The van der Waals surface area contributed by atoms with Gasteiger partial charge in [0, 0.05) is 30.6 Å². The van der Waals surface area contributed by atoms with Gasteiger partial charge in [-0.05, 0) is 47.2 Å². The highest BCUT2D eigenvalue weighted by molar-refractivity contribution is 7.13. The molecule has 0 aliphatic carbocycles. The Balaban J connectivity index is 1.80. The van der Waals surface area contributed by atoms with Crippen molar-refractivity contribution in [1.29, 1.82) is 0 Å². The Bertz CT molecular complexity index is 847. The fourth-order valence-corrected chi connectivity index (χ4v) is 4.00. The van der Waals surface area contributed by atoms with Crippen LogP contribution in [0.4, 0.5) is 10.9 Å². The monoisotopic (exact) mass is 400 g/mol. The minimum Gasteiger partial charge on any atom is -0.331 e. The molecule has 2 aromatic rings. The maximum atomic E-state index is 12.8. The highest BCUT2D eigenvalue weighted by Crippen LogP contribution is 2.31. The van der Waals surface area contributed by atoms with Gasteiger partial charge < -0.3 is 15.1 Å². The van der Waals surface area contributed by atoms with Gasteiger partial charge in [-0.3, -0.25) is 4.79 Å². The number of thiazole rings is 1. The van der Waals surface area contributed by atoms with Crippen LogP contribution >= 0.6 is 11.3 Å². The summed E-state index contributed by atoms with van der Waals surface area (Å²) in [5.41, 5.74) is 1.87. The van der Waals surface area contributed by atoms with Gasteiger partial charge in [-0.1, -0.05) is 6.08 Å². The minimum absolute atomic E-state index is 0.0227. The molecule has 1 N–H and O–H groups in total. The number of hydrogen-bond acceptors (Lipinski definition) is 7. The van der Waals surface area contributed by atoms with Gasteiger partial charge >= 0.3 is 0 Å². The van der Waals surface area contributed by atoms with Gasteiger partial charge in [0.25, 0.3) is 0 Å². The minimum atomic E-state index is -0.0227. The first-order chi connectivity index (χ1) is 13.4. The molecule has 0 saturated carbocycles. The molecule has 0 spiro atoms. The summed E-state index contributed by atoms with van der Waals surface area (Å²) in [4.78, 5) is 30.3. The maximum Gasteiger partial charge on any atom is 0.246 e. The summed E-state index contributed by atoms with van der Waals surface area (Å²) in [5, 5.41) is 6.08. The second-order valence-corrected chi connectivity index (χ2v) is 8.21. The van der Waals surface area contributed by atoms with E-state index in [-0.39, 0.29) is 11.9 Å². The molecule has 1 saturated heterocycles. The maximum absolute atomic E-state index is 12.8. The average molecular weight is 401 g/mol. The van der Waals surface area contributed by atoms with Gasteiger partial charge in [-0.2, -0.15) is 0 Å². The predicted octanol–water partition coefficient (Wildman–Crippen LogP) is 3.46. The van der Waals surface area contributed by atoms with Gasteiger partial charge in [-0.15, -0.1) is 11.3 Å². The van der Waals surface area contributed by atoms with Gasteiger partial charge in [0.2, 0.25) is 5.91 Å². The van der Waals surface area contributed by atoms with Gasteiger partial charge in [0.15, 0.2) is 5.13 Å². The van der Waals surface area contributed by atoms with Crippen LogP contribution < -0.4 is 5.32 Å². The van der Waals surface area contributed by atoms with Crippen LogP contribution in [0.5, 0.6) is 0 Å². The van der Waals surface area contributed by atoms with Crippen LogP contribution in [0.2, 0.25) is 0 Å². The van der Waals surface area contributed by atoms with Crippen molar-refractivity contribution in [3.8, 4) is 0 Å². The van der Waals surface area contributed by atoms with Crippen LogP contribution in [-0.2, 0) is 4.79 Å². The lowest BCUT2D eigenvalue weighted by molar-refractivity contribution is -0.129. The van der Waals surface area contributed by atoms with E-state index in [1.54, 1.807) is 17.4 Å². The van der Waals surface area contributed by atoms with Gasteiger partial charge in [0.05, 0.1) is 17.4 Å². The van der Waals surface area contributed by atoms with E-state index in [0.29, 0.717) is 5.82 Å². The van der Waals surface area contributed by atoms with E-state index < -0.39 is 0 Å². The molecule has 28 heavy (non-hydrogen) atoms. The van der Waals surface area contributed by atoms with E-state index in [0.717, 1.165) is 54.7 Å². The molecule has 3 rings (SSSR count). The fourth-order valence-electron chi connectivity index (χ4n) is 3.31. The summed E-state index contributed by atoms with van der Waals surface area (Å²) in [6.07, 6.45) is 6.63. The number of piperidine rings is 1. The second kappa shape index (κ2) is 9.25. The Morgan fingerprint density at radius 3 is 2.86 bits per heavy atom. The number of hydrogen-bond donors (Lipinski definition) is 1. The molecule has 0 radical (unpaired) electrons. The number of nitrogens with one attached hydrogen (secondary N) is 1. The number of amides is 1. The Labute approximate surface area is 170 Å². The number of aryl methyl sites for hydroxylation is 2. The van der Waals surface area contributed by atoms with Crippen LogP contribution in [0.1, 0.15) is 42.5 Å². The molecule has 150 valence electrons. The van der Waals surface area contributed by atoms with Crippen LogP contribution in [-0.4, -0.2) is 57.8 Å². The molecular formula is C20H28N6OS. The highest BCUT2D eigenvalue weighted by atomic mass is 32.1. The zero-order valence-corrected chi connectivity index (χ0v) is 17.8. The SMILES string of the molecule is Cc1csc(Nc2cc([C@H]3CCCCN3C(=O)/C=C/CN(C)C)nc(C)n2)n1. The zero-order chi connectivity index (χ0) is 20.1. The Hall–Kier alpha value is -2.32. The van der Waals surface area contributed by atoms with Crippen molar-refractivity contribution in [3.63, 3.8) is 0 Å². The van der Waals surface area contributed by atoms with Crippen molar-refractivity contribution in [2.75, 3.05) is 32.5 Å².